The Bertz CT molecular complexity index is 904. The number of hydrogen-bond donors (Lipinski definition) is 1. The third-order valence-corrected chi connectivity index (χ3v) is 3.85. The zero-order chi connectivity index (χ0) is 18.5. The van der Waals surface area contributed by atoms with Crippen LogP contribution < -0.4 is 10.1 Å². The average molecular weight is 356 g/mol. The summed E-state index contributed by atoms with van der Waals surface area (Å²) in [4.78, 5) is 13.1. The highest BCUT2D eigenvalue weighted by Gasteiger charge is 2.10. The summed E-state index contributed by atoms with van der Waals surface area (Å²) in [5.41, 5.74) is 2.60. The average Bonchev–Trinajstić information content (AvgIpc) is 2.64. The lowest BCUT2D eigenvalue weighted by atomic mass is 10.2. The third-order valence-electron chi connectivity index (χ3n) is 3.85. The Balaban J connectivity index is 1.67. The van der Waals surface area contributed by atoms with Gasteiger partial charge in [-0.3, -0.25) is 4.98 Å². The molecule has 3 rings (SSSR count). The van der Waals surface area contributed by atoms with E-state index in [1.807, 2.05) is 26.0 Å². The molecule has 0 spiro atoms. The van der Waals surface area contributed by atoms with Crippen LogP contribution in [0, 0.1) is 25.5 Å². The van der Waals surface area contributed by atoms with E-state index in [-0.39, 0.29) is 12.4 Å². The molecule has 0 saturated carbocycles. The van der Waals surface area contributed by atoms with Gasteiger partial charge in [-0.2, -0.15) is 0 Å². The first-order valence-electron chi connectivity index (χ1n) is 8.12. The highest BCUT2D eigenvalue weighted by molar-refractivity contribution is 5.58. The van der Waals surface area contributed by atoms with Gasteiger partial charge in [0.15, 0.2) is 17.4 Å². The number of benzene rings is 1. The molecule has 0 unspecified atom stereocenters. The fourth-order valence-corrected chi connectivity index (χ4v) is 2.35. The minimum Gasteiger partial charge on any atom is -0.489 e. The van der Waals surface area contributed by atoms with Crippen LogP contribution in [0.1, 0.15) is 11.3 Å². The smallest absolute Gasteiger partial charge is 0.167 e. The number of rotatable bonds is 6. The molecule has 0 fully saturated rings. The number of ether oxygens (including phenoxy) is 1. The van der Waals surface area contributed by atoms with E-state index in [2.05, 4.69) is 20.3 Å². The molecule has 2 heterocycles. The van der Waals surface area contributed by atoms with Gasteiger partial charge in [0.05, 0.1) is 6.54 Å². The normalized spacial score (nSPS) is 10.6. The van der Waals surface area contributed by atoms with Crippen LogP contribution in [0.5, 0.6) is 5.75 Å². The molecule has 5 nitrogen and oxygen atoms in total. The zero-order valence-corrected chi connectivity index (χ0v) is 14.5. The maximum Gasteiger partial charge on any atom is 0.167 e. The molecule has 0 atom stereocenters. The topological polar surface area (TPSA) is 59.9 Å². The molecule has 0 amide bonds. The van der Waals surface area contributed by atoms with Crippen LogP contribution in [0.15, 0.2) is 42.7 Å². The van der Waals surface area contributed by atoms with Crippen LogP contribution in [0.3, 0.4) is 0 Å². The van der Waals surface area contributed by atoms with E-state index in [9.17, 15) is 8.78 Å². The van der Waals surface area contributed by atoms with Crippen LogP contribution >= 0.6 is 0 Å². The molecule has 26 heavy (non-hydrogen) atoms. The van der Waals surface area contributed by atoms with Crippen molar-refractivity contribution in [2.75, 3.05) is 18.5 Å². The van der Waals surface area contributed by atoms with E-state index in [1.54, 1.807) is 12.4 Å². The van der Waals surface area contributed by atoms with Crippen molar-refractivity contribution < 1.29 is 13.5 Å². The van der Waals surface area contributed by atoms with Crippen molar-refractivity contribution in [3.05, 3.63) is 65.6 Å². The molecule has 0 radical (unpaired) electrons. The molecule has 0 aliphatic rings. The number of pyridine rings is 1. The molecule has 0 bridgehead atoms. The van der Waals surface area contributed by atoms with Gasteiger partial charge in [0.25, 0.3) is 0 Å². The monoisotopic (exact) mass is 356 g/mol. The highest BCUT2D eigenvalue weighted by atomic mass is 19.1. The van der Waals surface area contributed by atoms with Crippen molar-refractivity contribution in [2.45, 2.75) is 13.8 Å². The first kappa shape index (κ1) is 17.7. The molecular formula is C19H18F2N4O. The third kappa shape index (κ3) is 4.11. The molecule has 3 aromatic rings. The molecule has 0 aliphatic heterocycles. The van der Waals surface area contributed by atoms with Crippen LogP contribution in [0.4, 0.5) is 14.6 Å². The minimum absolute atomic E-state index is 0.0137. The van der Waals surface area contributed by atoms with Crippen LogP contribution in [-0.4, -0.2) is 28.1 Å². The van der Waals surface area contributed by atoms with E-state index >= 15 is 0 Å². The quantitative estimate of drug-likeness (QED) is 0.678. The lowest BCUT2D eigenvalue weighted by molar-refractivity contribution is 0.314. The van der Waals surface area contributed by atoms with Gasteiger partial charge in [-0.25, -0.2) is 18.7 Å². The number of nitrogens with one attached hydrogen (secondary N) is 1. The Morgan fingerprint density at radius 1 is 1.12 bits per heavy atom. The fourth-order valence-electron chi connectivity index (χ4n) is 2.35. The summed E-state index contributed by atoms with van der Waals surface area (Å²) in [7, 11) is 0. The Morgan fingerprint density at radius 3 is 2.69 bits per heavy atom. The van der Waals surface area contributed by atoms with E-state index in [4.69, 9.17) is 4.74 Å². The number of hydrogen-bond acceptors (Lipinski definition) is 5. The van der Waals surface area contributed by atoms with E-state index < -0.39 is 11.6 Å². The number of halogens is 2. The van der Waals surface area contributed by atoms with Crippen molar-refractivity contribution in [1.82, 2.24) is 15.0 Å². The molecule has 1 aromatic carbocycles. The molecule has 7 heteroatoms. The number of aryl methyl sites for hydroxylation is 1. The molecule has 0 aliphatic carbocycles. The summed E-state index contributed by atoms with van der Waals surface area (Å²) in [6.07, 6.45) is 3.39. The summed E-state index contributed by atoms with van der Waals surface area (Å²) in [5, 5.41) is 3.17. The van der Waals surface area contributed by atoms with Gasteiger partial charge in [-0.05, 0) is 38.1 Å². The maximum absolute atomic E-state index is 13.5. The summed E-state index contributed by atoms with van der Waals surface area (Å²) >= 11 is 0. The van der Waals surface area contributed by atoms with Gasteiger partial charge in [-0.15, -0.1) is 0 Å². The van der Waals surface area contributed by atoms with Crippen molar-refractivity contribution in [3.63, 3.8) is 0 Å². The predicted octanol–water partition coefficient (Wildman–Crippen LogP) is 3.92. The lowest BCUT2D eigenvalue weighted by Crippen LogP contribution is -2.15. The SMILES string of the molecule is Cc1nc(-c2cccnc2)nc(NCCOc2ccc(F)cc2F)c1C. The van der Waals surface area contributed by atoms with Gasteiger partial charge in [0.2, 0.25) is 0 Å². The summed E-state index contributed by atoms with van der Waals surface area (Å²) in [5.74, 6) is -0.0884. The first-order chi connectivity index (χ1) is 12.5. The second kappa shape index (κ2) is 7.86. The summed E-state index contributed by atoms with van der Waals surface area (Å²) < 4.78 is 31.8. The molecule has 0 saturated heterocycles. The van der Waals surface area contributed by atoms with Gasteiger partial charge >= 0.3 is 0 Å². The maximum atomic E-state index is 13.5. The zero-order valence-electron chi connectivity index (χ0n) is 14.5. The second-order valence-corrected chi connectivity index (χ2v) is 5.70. The Hall–Kier alpha value is -3.09. The summed E-state index contributed by atoms with van der Waals surface area (Å²) in [6, 6.07) is 6.93. The highest BCUT2D eigenvalue weighted by Crippen LogP contribution is 2.21. The van der Waals surface area contributed by atoms with Gasteiger partial charge < -0.3 is 10.1 Å². The Morgan fingerprint density at radius 2 is 1.96 bits per heavy atom. The Kier molecular flexibility index (Phi) is 5.36. The summed E-state index contributed by atoms with van der Waals surface area (Å²) in [6.45, 7) is 4.44. The largest absolute Gasteiger partial charge is 0.489 e. The first-order valence-corrected chi connectivity index (χ1v) is 8.12. The standard InChI is InChI=1S/C19H18F2N4O/c1-12-13(2)24-19(14-4-3-7-22-11-14)25-18(12)23-8-9-26-17-6-5-15(20)10-16(17)21/h3-7,10-11H,8-9H2,1-2H3,(H,23,24,25). The number of nitrogens with zero attached hydrogens (tertiary/aromatic N) is 3. The molecule has 1 N–H and O–H groups in total. The molecule has 134 valence electrons. The van der Waals surface area contributed by atoms with Gasteiger partial charge in [0.1, 0.15) is 18.2 Å². The van der Waals surface area contributed by atoms with Gasteiger partial charge in [0, 0.05) is 35.3 Å². The minimum atomic E-state index is -0.724. The van der Waals surface area contributed by atoms with Crippen LogP contribution in [-0.2, 0) is 0 Å². The lowest BCUT2D eigenvalue weighted by Gasteiger charge is -2.13. The van der Waals surface area contributed by atoms with Gasteiger partial charge in [-0.1, -0.05) is 0 Å². The van der Waals surface area contributed by atoms with E-state index in [0.29, 0.717) is 18.2 Å². The van der Waals surface area contributed by atoms with E-state index in [1.165, 1.54) is 6.07 Å². The Labute approximate surface area is 150 Å². The van der Waals surface area contributed by atoms with Crippen molar-refractivity contribution in [3.8, 4) is 17.1 Å². The predicted molar refractivity (Wildman–Crippen MR) is 95.1 cm³/mol. The number of anilines is 1. The van der Waals surface area contributed by atoms with E-state index in [0.717, 1.165) is 29.0 Å². The fraction of sp³-hybridized carbons (Fsp3) is 0.211. The van der Waals surface area contributed by atoms with Crippen molar-refractivity contribution in [1.29, 1.82) is 0 Å². The molecule has 2 aromatic heterocycles. The van der Waals surface area contributed by atoms with Crippen molar-refractivity contribution in [2.24, 2.45) is 0 Å². The van der Waals surface area contributed by atoms with Crippen LogP contribution in [0.25, 0.3) is 11.4 Å². The molecular weight excluding hydrogens is 338 g/mol. The van der Waals surface area contributed by atoms with Crippen molar-refractivity contribution >= 4 is 5.82 Å². The number of aromatic nitrogens is 3. The second-order valence-electron chi connectivity index (χ2n) is 5.70. The van der Waals surface area contributed by atoms with Crippen LogP contribution in [0.2, 0.25) is 0 Å².